The number of quaternary nitrogens is 1. The van der Waals surface area contributed by atoms with Crippen LogP contribution in [0, 0.1) is 11.3 Å². The van der Waals surface area contributed by atoms with Crippen LogP contribution in [0.4, 0.5) is 5.69 Å². The normalized spacial score (nSPS) is 20.8. The summed E-state index contributed by atoms with van der Waals surface area (Å²) in [4.78, 5) is 31.3. The van der Waals surface area contributed by atoms with Crippen LogP contribution in [-0.4, -0.2) is 79.8 Å². The zero-order valence-electron chi connectivity index (χ0n) is 27.3. The maximum absolute atomic E-state index is 14.2. The number of carboxylic acid groups (broad SMARTS) is 1. The van der Waals surface area contributed by atoms with Gasteiger partial charge in [0.15, 0.2) is 0 Å². The van der Waals surface area contributed by atoms with Crippen molar-refractivity contribution in [2.45, 2.75) is 71.9 Å². The van der Waals surface area contributed by atoms with Gasteiger partial charge in [-0.05, 0) is 54.5 Å². The fourth-order valence-corrected chi connectivity index (χ4v) is 6.92. The summed E-state index contributed by atoms with van der Waals surface area (Å²) in [5, 5.41) is 10.6. The fourth-order valence-electron chi connectivity index (χ4n) is 6.92. The van der Waals surface area contributed by atoms with Crippen molar-refractivity contribution in [1.82, 2.24) is 4.90 Å². The number of anilines is 1. The third-order valence-corrected chi connectivity index (χ3v) is 8.78. The third kappa shape index (κ3) is 8.27. The van der Waals surface area contributed by atoms with Crippen LogP contribution in [0.3, 0.4) is 0 Å². The van der Waals surface area contributed by atoms with E-state index in [1.165, 1.54) is 5.56 Å². The van der Waals surface area contributed by atoms with Gasteiger partial charge >= 0.3 is 5.97 Å². The van der Waals surface area contributed by atoms with Crippen LogP contribution in [0.2, 0.25) is 0 Å². The molecule has 2 aliphatic heterocycles. The van der Waals surface area contributed by atoms with Gasteiger partial charge in [-0.25, -0.2) is 0 Å². The average molecular weight is 591 g/mol. The minimum Gasteiger partial charge on any atom is -0.493 e. The van der Waals surface area contributed by atoms with Crippen LogP contribution in [-0.2, 0) is 22.6 Å². The minimum absolute atomic E-state index is 0.0248. The summed E-state index contributed by atoms with van der Waals surface area (Å²) in [5.41, 5.74) is 4.06. The summed E-state index contributed by atoms with van der Waals surface area (Å²) < 4.78 is 6.53. The second-order valence-corrected chi connectivity index (χ2v) is 14.1. The van der Waals surface area contributed by atoms with E-state index in [1.807, 2.05) is 42.2 Å². The SMILES string of the molecule is C/C=C/C(C)(C)C[C@H]1[C@H](C(=O)O)[C@@H](c2ccc3c(c2)CCO3)CN1CC(=O)N(CCCC)c1cccc(C[N+](C)(C)C)c1. The lowest BCUT2D eigenvalue weighted by atomic mass is 9.77. The summed E-state index contributed by atoms with van der Waals surface area (Å²) in [6.07, 6.45) is 7.57. The van der Waals surface area contributed by atoms with Crippen molar-refractivity contribution in [3.05, 3.63) is 71.3 Å². The molecule has 234 valence electrons. The minimum atomic E-state index is -0.797. The first-order chi connectivity index (χ1) is 20.3. The fraction of sp³-hybridized carbons (Fsp3) is 0.556. The summed E-state index contributed by atoms with van der Waals surface area (Å²) in [5.74, 6) is -0.703. The van der Waals surface area contributed by atoms with Gasteiger partial charge < -0.3 is 19.2 Å². The molecule has 7 heteroatoms. The predicted molar refractivity (Wildman–Crippen MR) is 174 cm³/mol. The number of hydrogen-bond donors (Lipinski definition) is 1. The second-order valence-electron chi connectivity index (χ2n) is 14.1. The molecule has 2 aromatic rings. The second kappa shape index (κ2) is 13.6. The first-order valence-corrected chi connectivity index (χ1v) is 15.9. The average Bonchev–Trinajstić information content (AvgIpc) is 3.52. The lowest BCUT2D eigenvalue weighted by molar-refractivity contribution is -0.884. The first-order valence-electron chi connectivity index (χ1n) is 15.9. The Hall–Kier alpha value is -3.16. The highest BCUT2D eigenvalue weighted by Crippen LogP contribution is 2.44. The number of unbranched alkanes of at least 4 members (excludes halogenated alkanes) is 1. The number of amides is 1. The summed E-state index contributed by atoms with van der Waals surface area (Å²) in [6.45, 7) is 11.3. The van der Waals surface area contributed by atoms with Gasteiger partial charge in [-0.3, -0.25) is 14.5 Å². The molecule has 1 saturated heterocycles. The molecular weight excluding hydrogens is 538 g/mol. The molecule has 43 heavy (non-hydrogen) atoms. The predicted octanol–water partition coefficient (Wildman–Crippen LogP) is 6.12. The highest BCUT2D eigenvalue weighted by molar-refractivity contribution is 5.95. The summed E-state index contributed by atoms with van der Waals surface area (Å²) in [7, 11) is 6.50. The molecule has 7 nitrogen and oxygen atoms in total. The van der Waals surface area contributed by atoms with E-state index < -0.39 is 11.9 Å². The number of carbonyl (C=O) groups is 2. The number of benzene rings is 2. The Bertz CT molecular complexity index is 1310. The Labute approximate surface area is 258 Å². The molecule has 2 heterocycles. The molecule has 1 fully saturated rings. The van der Waals surface area contributed by atoms with E-state index in [1.54, 1.807) is 0 Å². The number of fused-ring (bicyclic) bond motifs is 1. The Balaban J connectivity index is 1.67. The number of carbonyl (C=O) groups excluding carboxylic acids is 1. The highest BCUT2D eigenvalue weighted by Gasteiger charge is 2.48. The van der Waals surface area contributed by atoms with Crippen LogP contribution in [0.5, 0.6) is 5.75 Å². The number of likely N-dealkylation sites (tertiary alicyclic amines) is 1. The summed E-state index contributed by atoms with van der Waals surface area (Å²) >= 11 is 0. The maximum Gasteiger partial charge on any atom is 0.308 e. The van der Waals surface area contributed by atoms with E-state index in [-0.39, 0.29) is 29.8 Å². The van der Waals surface area contributed by atoms with Gasteiger partial charge in [-0.2, -0.15) is 0 Å². The molecule has 0 aromatic heterocycles. The Morgan fingerprint density at radius 2 is 1.93 bits per heavy atom. The van der Waals surface area contributed by atoms with E-state index in [0.717, 1.165) is 52.9 Å². The highest BCUT2D eigenvalue weighted by atomic mass is 16.5. The maximum atomic E-state index is 14.2. The number of allylic oxidation sites excluding steroid dienone is 2. The Kier molecular flexibility index (Phi) is 10.4. The molecular formula is C36H52N3O4+. The van der Waals surface area contributed by atoms with Crippen molar-refractivity contribution in [1.29, 1.82) is 0 Å². The standard InChI is InChI=1S/C36H51N3O4/c1-8-10-18-38(29-13-11-12-26(20-29)25-39(5,6)7)33(40)24-37-23-30(27-14-15-32-28(21-27)16-19-43-32)34(35(41)42)31(37)22-36(3,4)17-9-2/h9,11-15,17,20-21,30-31,34H,8,10,16,18-19,22-25H2,1-7H3/p+1/b17-9+/t30-,31+,34-/m1/s1. The zero-order chi connectivity index (χ0) is 31.4. The van der Waals surface area contributed by atoms with Gasteiger partial charge in [-0.1, -0.05) is 63.6 Å². The molecule has 0 unspecified atom stereocenters. The van der Waals surface area contributed by atoms with Gasteiger partial charge in [0.1, 0.15) is 12.3 Å². The van der Waals surface area contributed by atoms with Crippen molar-refractivity contribution in [2.75, 3.05) is 52.3 Å². The lowest BCUT2D eigenvalue weighted by Crippen LogP contribution is -2.45. The van der Waals surface area contributed by atoms with Crippen LogP contribution in [0.1, 0.15) is 69.6 Å². The molecule has 0 bridgehead atoms. The largest absolute Gasteiger partial charge is 0.493 e. The number of rotatable bonds is 13. The van der Waals surface area contributed by atoms with Crippen molar-refractivity contribution in [2.24, 2.45) is 11.3 Å². The van der Waals surface area contributed by atoms with Crippen LogP contribution in [0.15, 0.2) is 54.6 Å². The zero-order valence-corrected chi connectivity index (χ0v) is 27.3. The van der Waals surface area contributed by atoms with E-state index in [2.05, 4.69) is 71.1 Å². The smallest absolute Gasteiger partial charge is 0.308 e. The third-order valence-electron chi connectivity index (χ3n) is 8.78. The van der Waals surface area contributed by atoms with E-state index in [0.29, 0.717) is 26.1 Å². The van der Waals surface area contributed by atoms with Gasteiger partial charge in [0.05, 0.1) is 40.2 Å². The van der Waals surface area contributed by atoms with E-state index >= 15 is 0 Å². The van der Waals surface area contributed by atoms with Crippen molar-refractivity contribution in [3.63, 3.8) is 0 Å². The molecule has 0 saturated carbocycles. The number of ether oxygens (including phenoxy) is 1. The monoisotopic (exact) mass is 590 g/mol. The lowest BCUT2D eigenvalue weighted by Gasteiger charge is -2.34. The van der Waals surface area contributed by atoms with Crippen LogP contribution < -0.4 is 9.64 Å². The van der Waals surface area contributed by atoms with Crippen LogP contribution in [0.25, 0.3) is 0 Å². The van der Waals surface area contributed by atoms with Gasteiger partial charge in [0.25, 0.3) is 0 Å². The number of carboxylic acids is 1. The quantitative estimate of drug-likeness (QED) is 0.225. The molecule has 4 rings (SSSR count). The van der Waals surface area contributed by atoms with E-state index in [4.69, 9.17) is 4.74 Å². The topological polar surface area (TPSA) is 70.1 Å². The molecule has 2 aromatic carbocycles. The van der Waals surface area contributed by atoms with Crippen molar-refractivity contribution in [3.8, 4) is 5.75 Å². The molecule has 2 aliphatic rings. The molecule has 0 aliphatic carbocycles. The number of aliphatic carboxylic acids is 1. The summed E-state index contributed by atoms with van der Waals surface area (Å²) in [6, 6.07) is 14.2. The molecule has 0 spiro atoms. The molecule has 1 N–H and O–H groups in total. The van der Waals surface area contributed by atoms with Crippen molar-refractivity contribution < 1.29 is 23.9 Å². The van der Waals surface area contributed by atoms with Crippen LogP contribution >= 0.6 is 0 Å². The molecule has 0 radical (unpaired) electrons. The van der Waals surface area contributed by atoms with Gasteiger partial charge in [0, 0.05) is 42.7 Å². The Morgan fingerprint density at radius 1 is 1.16 bits per heavy atom. The molecule has 1 amide bonds. The number of hydrogen-bond acceptors (Lipinski definition) is 4. The first kappa shape index (κ1) is 32.7. The van der Waals surface area contributed by atoms with Gasteiger partial charge in [0.2, 0.25) is 5.91 Å². The Morgan fingerprint density at radius 3 is 2.60 bits per heavy atom. The van der Waals surface area contributed by atoms with Gasteiger partial charge in [-0.15, -0.1) is 0 Å². The number of nitrogens with zero attached hydrogens (tertiary/aromatic N) is 3. The van der Waals surface area contributed by atoms with E-state index in [9.17, 15) is 14.7 Å². The van der Waals surface area contributed by atoms with Crippen molar-refractivity contribution >= 4 is 17.6 Å². The molecule has 3 atom stereocenters.